The van der Waals surface area contributed by atoms with E-state index in [2.05, 4.69) is 20.3 Å². The monoisotopic (exact) mass is 327 g/mol. The molecule has 2 aromatic rings. The summed E-state index contributed by atoms with van der Waals surface area (Å²) in [6, 6.07) is 0.942. The Bertz CT molecular complexity index is 679. The molecule has 0 saturated carbocycles. The SMILES string of the molecule is Cc1cc(C(F)(F)F)nc(CCn2cc([C@H]3CCOC3)nn2)n1. The first-order valence-electron chi connectivity index (χ1n) is 7.31. The molecule has 0 amide bonds. The maximum absolute atomic E-state index is 12.8. The lowest BCUT2D eigenvalue weighted by Gasteiger charge is -2.08. The van der Waals surface area contributed by atoms with Crippen LogP contribution in [0.1, 0.15) is 35.2 Å². The molecular formula is C14H16F3N5O. The van der Waals surface area contributed by atoms with Crippen LogP contribution in [-0.4, -0.2) is 38.2 Å². The Morgan fingerprint density at radius 3 is 2.87 bits per heavy atom. The summed E-state index contributed by atoms with van der Waals surface area (Å²) in [5, 5.41) is 8.10. The number of aromatic nitrogens is 5. The molecule has 0 spiro atoms. The molecule has 1 atom stereocenters. The maximum Gasteiger partial charge on any atom is 0.433 e. The summed E-state index contributed by atoms with van der Waals surface area (Å²) in [6.07, 6.45) is -1.49. The maximum atomic E-state index is 12.8. The molecule has 124 valence electrons. The minimum atomic E-state index is -4.47. The Labute approximate surface area is 130 Å². The van der Waals surface area contributed by atoms with Crippen molar-refractivity contribution in [3.63, 3.8) is 0 Å². The lowest BCUT2D eigenvalue weighted by molar-refractivity contribution is -0.141. The third kappa shape index (κ3) is 3.84. The van der Waals surface area contributed by atoms with Crippen LogP contribution in [0.15, 0.2) is 12.3 Å². The first kappa shape index (κ1) is 15.9. The van der Waals surface area contributed by atoms with E-state index in [1.807, 2.05) is 0 Å². The molecule has 0 unspecified atom stereocenters. The van der Waals surface area contributed by atoms with E-state index in [0.29, 0.717) is 18.8 Å². The number of ether oxygens (including phenoxy) is 1. The standard InChI is InChI=1S/C14H16F3N5O/c1-9-6-12(14(15,16)17)19-13(18-9)2-4-22-7-11(20-21-22)10-3-5-23-8-10/h6-7,10H,2-5,8H2,1H3/t10-/m0/s1. The molecule has 3 rings (SSSR count). The largest absolute Gasteiger partial charge is 0.433 e. The van der Waals surface area contributed by atoms with Gasteiger partial charge in [0.15, 0.2) is 0 Å². The summed E-state index contributed by atoms with van der Waals surface area (Å²) in [7, 11) is 0. The van der Waals surface area contributed by atoms with Gasteiger partial charge in [0.2, 0.25) is 0 Å². The average Bonchev–Trinajstić information content (AvgIpc) is 3.15. The molecular weight excluding hydrogens is 311 g/mol. The molecule has 3 heterocycles. The van der Waals surface area contributed by atoms with Crippen LogP contribution >= 0.6 is 0 Å². The molecule has 9 heteroatoms. The second kappa shape index (κ2) is 6.23. The molecule has 6 nitrogen and oxygen atoms in total. The van der Waals surface area contributed by atoms with E-state index in [1.54, 1.807) is 10.9 Å². The van der Waals surface area contributed by atoms with Crippen LogP contribution in [-0.2, 0) is 23.9 Å². The van der Waals surface area contributed by atoms with E-state index in [1.165, 1.54) is 6.92 Å². The third-order valence-corrected chi connectivity index (χ3v) is 3.66. The highest BCUT2D eigenvalue weighted by atomic mass is 19.4. The molecule has 0 aliphatic carbocycles. The molecule has 1 saturated heterocycles. The summed E-state index contributed by atoms with van der Waals surface area (Å²) in [6.45, 7) is 3.25. The second-order valence-electron chi connectivity index (χ2n) is 5.53. The summed E-state index contributed by atoms with van der Waals surface area (Å²) in [5.41, 5.74) is 0.232. The highest BCUT2D eigenvalue weighted by molar-refractivity contribution is 5.13. The third-order valence-electron chi connectivity index (χ3n) is 3.66. The van der Waals surface area contributed by atoms with Crippen LogP contribution in [0.2, 0.25) is 0 Å². The van der Waals surface area contributed by atoms with Crippen LogP contribution in [0.4, 0.5) is 13.2 Å². The topological polar surface area (TPSA) is 65.7 Å². The Balaban J connectivity index is 1.67. The predicted octanol–water partition coefficient (Wildman–Crippen LogP) is 2.14. The fourth-order valence-electron chi connectivity index (χ4n) is 2.48. The normalized spacial score (nSPS) is 18.5. The molecule has 0 N–H and O–H groups in total. The van der Waals surface area contributed by atoms with Gasteiger partial charge in [-0.05, 0) is 19.4 Å². The number of nitrogens with zero attached hydrogens (tertiary/aromatic N) is 5. The Hall–Kier alpha value is -2.03. The fraction of sp³-hybridized carbons (Fsp3) is 0.571. The van der Waals surface area contributed by atoms with Gasteiger partial charge in [-0.25, -0.2) is 9.97 Å². The summed E-state index contributed by atoms with van der Waals surface area (Å²) < 4.78 is 45.2. The first-order valence-corrected chi connectivity index (χ1v) is 7.31. The minimum Gasteiger partial charge on any atom is -0.381 e. The lowest BCUT2D eigenvalue weighted by atomic mass is 10.1. The van der Waals surface area contributed by atoms with E-state index in [-0.39, 0.29) is 18.2 Å². The fourth-order valence-corrected chi connectivity index (χ4v) is 2.48. The number of alkyl halides is 3. The first-order chi connectivity index (χ1) is 10.9. The van der Waals surface area contributed by atoms with Crippen molar-refractivity contribution in [2.24, 2.45) is 0 Å². The van der Waals surface area contributed by atoms with Gasteiger partial charge in [0, 0.05) is 37.4 Å². The number of aryl methyl sites for hydroxylation is 3. The van der Waals surface area contributed by atoms with Crippen molar-refractivity contribution in [3.8, 4) is 0 Å². The van der Waals surface area contributed by atoms with Gasteiger partial charge < -0.3 is 4.74 Å². The Kier molecular flexibility index (Phi) is 4.29. The van der Waals surface area contributed by atoms with Crippen LogP contribution in [0.5, 0.6) is 0 Å². The van der Waals surface area contributed by atoms with Gasteiger partial charge >= 0.3 is 6.18 Å². The van der Waals surface area contributed by atoms with Gasteiger partial charge in [0.25, 0.3) is 0 Å². The molecule has 1 fully saturated rings. The zero-order chi connectivity index (χ0) is 16.4. The lowest BCUT2D eigenvalue weighted by Crippen LogP contribution is -2.13. The molecule has 1 aliphatic rings. The molecule has 23 heavy (non-hydrogen) atoms. The van der Waals surface area contributed by atoms with Crippen molar-refractivity contribution in [3.05, 3.63) is 35.2 Å². The van der Waals surface area contributed by atoms with E-state index >= 15 is 0 Å². The quantitative estimate of drug-likeness (QED) is 0.861. The molecule has 2 aromatic heterocycles. The van der Waals surface area contributed by atoms with Gasteiger partial charge in [0.05, 0.1) is 12.3 Å². The zero-order valence-corrected chi connectivity index (χ0v) is 12.5. The predicted molar refractivity (Wildman–Crippen MR) is 73.7 cm³/mol. The van der Waals surface area contributed by atoms with Gasteiger partial charge in [-0.1, -0.05) is 5.21 Å². The molecule has 0 radical (unpaired) electrons. The molecule has 0 bridgehead atoms. The summed E-state index contributed by atoms with van der Waals surface area (Å²) in [4.78, 5) is 7.64. The number of rotatable bonds is 4. The highest BCUT2D eigenvalue weighted by Gasteiger charge is 2.33. The van der Waals surface area contributed by atoms with Crippen molar-refractivity contribution >= 4 is 0 Å². The zero-order valence-electron chi connectivity index (χ0n) is 12.5. The van der Waals surface area contributed by atoms with Crippen LogP contribution < -0.4 is 0 Å². The molecule has 1 aliphatic heterocycles. The van der Waals surface area contributed by atoms with E-state index in [9.17, 15) is 13.2 Å². The van der Waals surface area contributed by atoms with E-state index in [0.717, 1.165) is 24.8 Å². The van der Waals surface area contributed by atoms with E-state index in [4.69, 9.17) is 4.74 Å². The van der Waals surface area contributed by atoms with Gasteiger partial charge in [-0.3, -0.25) is 4.68 Å². The average molecular weight is 327 g/mol. The smallest absolute Gasteiger partial charge is 0.381 e. The van der Waals surface area contributed by atoms with E-state index < -0.39 is 11.9 Å². The van der Waals surface area contributed by atoms with Crippen molar-refractivity contribution < 1.29 is 17.9 Å². The number of hydrogen-bond donors (Lipinski definition) is 0. The van der Waals surface area contributed by atoms with Crippen LogP contribution in [0.25, 0.3) is 0 Å². The van der Waals surface area contributed by atoms with Gasteiger partial charge in [-0.2, -0.15) is 13.2 Å². The van der Waals surface area contributed by atoms with Crippen molar-refractivity contribution in [1.82, 2.24) is 25.0 Å². The van der Waals surface area contributed by atoms with Gasteiger partial charge in [-0.15, -0.1) is 5.10 Å². The second-order valence-corrected chi connectivity index (χ2v) is 5.53. The number of halogens is 3. The van der Waals surface area contributed by atoms with Crippen LogP contribution in [0, 0.1) is 6.92 Å². The number of hydrogen-bond acceptors (Lipinski definition) is 5. The van der Waals surface area contributed by atoms with Crippen molar-refractivity contribution in [1.29, 1.82) is 0 Å². The van der Waals surface area contributed by atoms with Crippen molar-refractivity contribution in [2.75, 3.05) is 13.2 Å². The van der Waals surface area contributed by atoms with Crippen molar-refractivity contribution in [2.45, 2.75) is 38.4 Å². The Morgan fingerprint density at radius 2 is 2.17 bits per heavy atom. The molecule has 0 aromatic carbocycles. The van der Waals surface area contributed by atoms with Gasteiger partial charge in [0.1, 0.15) is 11.5 Å². The summed E-state index contributed by atoms with van der Waals surface area (Å²) >= 11 is 0. The van der Waals surface area contributed by atoms with Crippen LogP contribution in [0.3, 0.4) is 0 Å². The minimum absolute atomic E-state index is 0.151. The highest BCUT2D eigenvalue weighted by Crippen LogP contribution is 2.28. The Morgan fingerprint density at radius 1 is 1.35 bits per heavy atom. The summed E-state index contributed by atoms with van der Waals surface area (Å²) in [5.74, 6) is 0.398.